The van der Waals surface area contributed by atoms with Crippen molar-refractivity contribution in [2.45, 2.75) is 18.3 Å². The van der Waals surface area contributed by atoms with E-state index in [1.54, 1.807) is 0 Å². The lowest BCUT2D eigenvalue weighted by Crippen LogP contribution is -2.47. The molecule has 0 radical (unpaired) electrons. The molecule has 1 amide bonds. The van der Waals surface area contributed by atoms with E-state index >= 15 is 0 Å². The molecule has 4 nitrogen and oxygen atoms in total. The number of fused-ring (bicyclic) bond motifs is 2. The second-order valence-corrected chi connectivity index (χ2v) is 5.85. The zero-order valence-corrected chi connectivity index (χ0v) is 11.5. The summed E-state index contributed by atoms with van der Waals surface area (Å²) in [6.07, 6.45) is 1.94. The number of rotatable bonds is 1. The third kappa shape index (κ3) is 2.09. The van der Waals surface area contributed by atoms with Crippen molar-refractivity contribution in [2.24, 2.45) is 5.73 Å². The summed E-state index contributed by atoms with van der Waals surface area (Å²) in [5, 5.41) is 4.24. The molecule has 1 saturated heterocycles. The van der Waals surface area contributed by atoms with Gasteiger partial charge in [0.15, 0.2) is 0 Å². The standard InChI is InChI=1S/C14H18ClN3O/c15-10-1-2-12-11(7-10)14(9-17-12)3-5-18(6-4-14)13(19)8-16/h1-2,7,17H,3-6,8-9,16H2. The number of hydrogen-bond acceptors (Lipinski definition) is 3. The number of hydrogen-bond donors (Lipinski definition) is 2. The number of anilines is 1. The number of carbonyl (C=O) groups excluding carboxylic acids is 1. The number of carbonyl (C=O) groups is 1. The van der Waals surface area contributed by atoms with Crippen LogP contribution >= 0.6 is 11.6 Å². The van der Waals surface area contributed by atoms with Crippen LogP contribution in [0.25, 0.3) is 0 Å². The first-order chi connectivity index (χ1) is 9.14. The number of likely N-dealkylation sites (tertiary alicyclic amines) is 1. The molecule has 1 aromatic rings. The number of nitrogens with zero attached hydrogens (tertiary/aromatic N) is 1. The van der Waals surface area contributed by atoms with E-state index in [1.807, 2.05) is 17.0 Å². The van der Waals surface area contributed by atoms with Gasteiger partial charge in [-0.05, 0) is 36.6 Å². The maximum atomic E-state index is 11.6. The Hall–Kier alpha value is -1.26. The number of nitrogens with one attached hydrogen (secondary N) is 1. The van der Waals surface area contributed by atoms with Crippen molar-refractivity contribution in [3.05, 3.63) is 28.8 Å². The maximum absolute atomic E-state index is 11.6. The number of halogens is 1. The van der Waals surface area contributed by atoms with Crippen molar-refractivity contribution in [3.63, 3.8) is 0 Å². The summed E-state index contributed by atoms with van der Waals surface area (Å²) in [5.74, 6) is 0.0483. The minimum atomic E-state index is 0.0483. The van der Waals surface area contributed by atoms with E-state index in [9.17, 15) is 4.79 Å². The molecule has 0 aromatic heterocycles. The Kier molecular flexibility index (Phi) is 3.15. The van der Waals surface area contributed by atoms with E-state index in [-0.39, 0.29) is 17.9 Å². The monoisotopic (exact) mass is 279 g/mol. The first kappa shape index (κ1) is 12.8. The molecule has 0 aliphatic carbocycles. The van der Waals surface area contributed by atoms with Gasteiger partial charge in [-0.3, -0.25) is 4.79 Å². The van der Waals surface area contributed by atoms with Crippen molar-refractivity contribution >= 4 is 23.2 Å². The largest absolute Gasteiger partial charge is 0.384 e. The van der Waals surface area contributed by atoms with Gasteiger partial charge in [-0.2, -0.15) is 0 Å². The number of nitrogens with two attached hydrogens (primary N) is 1. The third-order valence-corrected chi connectivity index (χ3v) is 4.65. The van der Waals surface area contributed by atoms with Crippen molar-refractivity contribution < 1.29 is 4.79 Å². The molecule has 0 atom stereocenters. The fourth-order valence-electron chi connectivity index (χ4n) is 3.23. The van der Waals surface area contributed by atoms with E-state index in [1.165, 1.54) is 11.3 Å². The Labute approximate surface area is 117 Å². The lowest BCUT2D eigenvalue weighted by molar-refractivity contribution is -0.131. The first-order valence-corrected chi connectivity index (χ1v) is 7.04. The Morgan fingerprint density at radius 2 is 2.16 bits per heavy atom. The molecule has 2 aliphatic rings. The van der Waals surface area contributed by atoms with Gasteiger partial charge in [-0.15, -0.1) is 0 Å². The predicted octanol–water partition coefficient (Wildman–Crippen LogP) is 1.58. The highest BCUT2D eigenvalue weighted by Gasteiger charge is 2.42. The van der Waals surface area contributed by atoms with Gasteiger partial charge in [-0.25, -0.2) is 0 Å². The van der Waals surface area contributed by atoms with Crippen LogP contribution in [-0.4, -0.2) is 37.0 Å². The van der Waals surface area contributed by atoms with Crippen molar-refractivity contribution in [2.75, 3.05) is 31.5 Å². The molecule has 0 bridgehead atoms. The zero-order valence-electron chi connectivity index (χ0n) is 10.8. The van der Waals surface area contributed by atoms with Crippen LogP contribution in [0.1, 0.15) is 18.4 Å². The lowest BCUT2D eigenvalue weighted by atomic mass is 9.74. The SMILES string of the molecule is NCC(=O)N1CCC2(CC1)CNc1ccc(Cl)cc12. The molecule has 1 spiro atoms. The van der Waals surface area contributed by atoms with Gasteiger partial charge in [0.25, 0.3) is 0 Å². The van der Waals surface area contributed by atoms with Gasteiger partial charge in [0.05, 0.1) is 6.54 Å². The third-order valence-electron chi connectivity index (χ3n) is 4.42. The fourth-order valence-corrected chi connectivity index (χ4v) is 3.40. The van der Waals surface area contributed by atoms with Crippen molar-refractivity contribution in [3.8, 4) is 0 Å². The Bertz CT molecular complexity index is 509. The molecular weight excluding hydrogens is 262 g/mol. The topological polar surface area (TPSA) is 58.4 Å². The number of piperidine rings is 1. The van der Waals surface area contributed by atoms with Gasteiger partial charge < -0.3 is 16.0 Å². The summed E-state index contributed by atoms with van der Waals surface area (Å²) in [6, 6.07) is 6.03. The minimum absolute atomic E-state index is 0.0483. The predicted molar refractivity (Wildman–Crippen MR) is 76.5 cm³/mol. The van der Waals surface area contributed by atoms with E-state index in [0.29, 0.717) is 0 Å². The molecule has 2 aliphatic heterocycles. The molecule has 0 saturated carbocycles. The smallest absolute Gasteiger partial charge is 0.236 e. The zero-order chi connectivity index (χ0) is 13.5. The van der Waals surface area contributed by atoms with Gasteiger partial charge in [-0.1, -0.05) is 11.6 Å². The molecule has 19 heavy (non-hydrogen) atoms. The van der Waals surface area contributed by atoms with Gasteiger partial charge in [0.2, 0.25) is 5.91 Å². The maximum Gasteiger partial charge on any atom is 0.236 e. The van der Waals surface area contributed by atoms with Crippen molar-refractivity contribution in [1.29, 1.82) is 0 Å². The van der Waals surface area contributed by atoms with E-state index in [2.05, 4.69) is 11.4 Å². The second-order valence-electron chi connectivity index (χ2n) is 5.41. The summed E-state index contributed by atoms with van der Waals surface area (Å²) in [7, 11) is 0. The molecule has 5 heteroatoms. The molecular formula is C14H18ClN3O. The van der Waals surface area contributed by atoms with E-state index < -0.39 is 0 Å². The molecule has 3 rings (SSSR count). The second kappa shape index (κ2) is 4.69. The summed E-state index contributed by atoms with van der Waals surface area (Å²) >= 11 is 6.12. The van der Waals surface area contributed by atoms with Crippen LogP contribution in [0.3, 0.4) is 0 Å². The summed E-state index contributed by atoms with van der Waals surface area (Å²) in [6.45, 7) is 2.61. The van der Waals surface area contributed by atoms with Gasteiger partial charge >= 0.3 is 0 Å². The van der Waals surface area contributed by atoms with Crippen LogP contribution in [0.5, 0.6) is 0 Å². The molecule has 1 fully saturated rings. The summed E-state index contributed by atoms with van der Waals surface area (Å²) in [5.41, 5.74) is 8.04. The van der Waals surface area contributed by atoms with Crippen molar-refractivity contribution in [1.82, 2.24) is 4.90 Å². The fraction of sp³-hybridized carbons (Fsp3) is 0.500. The normalized spacial score (nSPS) is 20.2. The molecule has 102 valence electrons. The Morgan fingerprint density at radius 1 is 1.42 bits per heavy atom. The first-order valence-electron chi connectivity index (χ1n) is 6.66. The van der Waals surface area contributed by atoms with Crippen LogP contribution in [0.2, 0.25) is 5.02 Å². The van der Waals surface area contributed by atoms with E-state index in [4.69, 9.17) is 17.3 Å². The molecule has 3 N–H and O–H groups in total. The van der Waals surface area contributed by atoms with Crippen LogP contribution in [-0.2, 0) is 10.2 Å². The van der Waals surface area contributed by atoms with Crippen LogP contribution in [0, 0.1) is 0 Å². The highest BCUT2D eigenvalue weighted by atomic mass is 35.5. The number of amides is 1. The molecule has 0 unspecified atom stereocenters. The Morgan fingerprint density at radius 3 is 2.84 bits per heavy atom. The Balaban J connectivity index is 1.82. The quantitative estimate of drug-likeness (QED) is 0.821. The highest BCUT2D eigenvalue weighted by Crippen LogP contribution is 2.44. The van der Waals surface area contributed by atoms with Gasteiger partial charge in [0.1, 0.15) is 0 Å². The van der Waals surface area contributed by atoms with Crippen LogP contribution in [0.4, 0.5) is 5.69 Å². The average Bonchev–Trinajstić information content (AvgIpc) is 2.77. The highest BCUT2D eigenvalue weighted by molar-refractivity contribution is 6.30. The summed E-state index contributed by atoms with van der Waals surface area (Å²) in [4.78, 5) is 13.5. The molecule has 2 heterocycles. The van der Waals surface area contributed by atoms with Crippen LogP contribution in [0.15, 0.2) is 18.2 Å². The minimum Gasteiger partial charge on any atom is -0.384 e. The van der Waals surface area contributed by atoms with Crippen LogP contribution < -0.4 is 11.1 Å². The number of benzene rings is 1. The lowest BCUT2D eigenvalue weighted by Gasteiger charge is -2.39. The average molecular weight is 280 g/mol. The molecule has 1 aromatic carbocycles. The van der Waals surface area contributed by atoms with Gasteiger partial charge in [0, 0.05) is 35.8 Å². The van der Waals surface area contributed by atoms with E-state index in [0.717, 1.165) is 37.5 Å². The summed E-state index contributed by atoms with van der Waals surface area (Å²) < 4.78 is 0.